The van der Waals surface area contributed by atoms with E-state index in [1.807, 2.05) is 13.8 Å². The van der Waals surface area contributed by atoms with Crippen LogP contribution in [0.4, 0.5) is 13.2 Å². The van der Waals surface area contributed by atoms with Crippen LogP contribution in [0.2, 0.25) is 0 Å². The second kappa shape index (κ2) is 4.08. The van der Waals surface area contributed by atoms with Gasteiger partial charge in [-0.1, -0.05) is 26.0 Å². The Morgan fingerprint density at radius 3 is 1.81 bits per heavy atom. The third kappa shape index (κ3) is 2.37. The molecule has 0 aromatic heterocycles. The van der Waals surface area contributed by atoms with Crippen LogP contribution in [0, 0.1) is 0 Å². The van der Waals surface area contributed by atoms with Crippen LogP contribution in [0.3, 0.4) is 0 Å². The van der Waals surface area contributed by atoms with Crippen molar-refractivity contribution in [3.8, 4) is 0 Å². The summed E-state index contributed by atoms with van der Waals surface area (Å²) < 4.78 is 58.6. The molecule has 0 unspecified atom stereocenters. The molecule has 0 N–H and O–H groups in total. The van der Waals surface area contributed by atoms with Crippen LogP contribution in [-0.2, 0) is 9.84 Å². The maximum absolute atomic E-state index is 12.2. The van der Waals surface area contributed by atoms with Gasteiger partial charge in [-0.2, -0.15) is 13.2 Å². The average Bonchev–Trinajstić information content (AvgIpc) is 2.16. The largest absolute Gasteiger partial charge is 0.501 e. The molecule has 0 fully saturated rings. The summed E-state index contributed by atoms with van der Waals surface area (Å²) in [5, 5.41) is 0. The first kappa shape index (κ1) is 13.0. The van der Waals surface area contributed by atoms with Crippen LogP contribution in [0.25, 0.3) is 0 Å². The van der Waals surface area contributed by atoms with Crippen LogP contribution in [0.1, 0.15) is 25.3 Å². The second-order valence-electron chi connectivity index (χ2n) is 3.67. The minimum atomic E-state index is -5.24. The molecule has 0 spiro atoms. The molecule has 0 heterocycles. The number of hydrogen-bond acceptors (Lipinski definition) is 2. The number of hydrogen-bond donors (Lipinski definition) is 0. The lowest BCUT2D eigenvalue weighted by Gasteiger charge is -2.09. The Kier molecular flexibility index (Phi) is 3.33. The summed E-state index contributed by atoms with van der Waals surface area (Å²) in [7, 11) is -5.22. The highest BCUT2D eigenvalue weighted by atomic mass is 32.2. The fourth-order valence-corrected chi connectivity index (χ4v) is 1.93. The summed E-state index contributed by atoms with van der Waals surface area (Å²) in [6, 6.07) is 4.75. The maximum Gasteiger partial charge on any atom is 0.501 e. The Labute approximate surface area is 92.0 Å². The molecule has 0 atom stereocenters. The lowest BCUT2D eigenvalue weighted by Crippen LogP contribution is -2.23. The SMILES string of the molecule is CC(C)c1ccc(S(=O)(=O)C(F)(F)F)cc1. The molecular formula is C10H11F3O2S. The van der Waals surface area contributed by atoms with Crippen LogP contribution in [0.15, 0.2) is 29.2 Å². The van der Waals surface area contributed by atoms with Gasteiger partial charge >= 0.3 is 5.51 Å². The van der Waals surface area contributed by atoms with Crippen molar-refractivity contribution in [1.29, 1.82) is 0 Å². The minimum Gasteiger partial charge on any atom is -0.214 e. The van der Waals surface area contributed by atoms with Crippen LogP contribution in [0.5, 0.6) is 0 Å². The maximum atomic E-state index is 12.2. The molecule has 90 valence electrons. The van der Waals surface area contributed by atoms with Crippen molar-refractivity contribution >= 4 is 9.84 Å². The van der Waals surface area contributed by atoms with Gasteiger partial charge in [0.1, 0.15) is 0 Å². The van der Waals surface area contributed by atoms with E-state index in [1.54, 1.807) is 0 Å². The highest BCUT2D eigenvalue weighted by Crippen LogP contribution is 2.30. The molecule has 6 heteroatoms. The van der Waals surface area contributed by atoms with Gasteiger partial charge in [0.15, 0.2) is 0 Å². The Hall–Kier alpha value is -1.04. The zero-order valence-corrected chi connectivity index (χ0v) is 9.56. The van der Waals surface area contributed by atoms with E-state index in [4.69, 9.17) is 0 Å². The van der Waals surface area contributed by atoms with Crippen molar-refractivity contribution < 1.29 is 21.6 Å². The zero-order valence-electron chi connectivity index (χ0n) is 8.75. The summed E-state index contributed by atoms with van der Waals surface area (Å²) in [4.78, 5) is -0.718. The molecule has 0 radical (unpaired) electrons. The molecule has 0 aliphatic carbocycles. The molecule has 0 aliphatic rings. The Bertz CT molecular complexity index is 458. The molecule has 16 heavy (non-hydrogen) atoms. The normalized spacial score (nSPS) is 13.1. The summed E-state index contributed by atoms with van der Waals surface area (Å²) in [6.45, 7) is 3.74. The van der Waals surface area contributed by atoms with Gasteiger partial charge in [0.05, 0.1) is 4.90 Å². The molecule has 0 saturated carbocycles. The van der Waals surface area contributed by atoms with Crippen molar-refractivity contribution in [3.63, 3.8) is 0 Å². The van der Waals surface area contributed by atoms with E-state index in [9.17, 15) is 21.6 Å². The average molecular weight is 252 g/mol. The van der Waals surface area contributed by atoms with Gasteiger partial charge in [0.25, 0.3) is 9.84 Å². The summed E-state index contributed by atoms with van der Waals surface area (Å²) in [5.74, 6) is 0.141. The minimum absolute atomic E-state index is 0.141. The van der Waals surface area contributed by atoms with E-state index >= 15 is 0 Å². The van der Waals surface area contributed by atoms with E-state index in [2.05, 4.69) is 0 Å². The van der Waals surface area contributed by atoms with E-state index in [0.29, 0.717) is 0 Å². The van der Waals surface area contributed by atoms with E-state index in [0.717, 1.165) is 17.7 Å². The Morgan fingerprint density at radius 1 is 1.06 bits per heavy atom. The number of alkyl halides is 3. The second-order valence-corrected chi connectivity index (χ2v) is 5.61. The molecule has 1 aromatic rings. The predicted molar refractivity (Wildman–Crippen MR) is 53.8 cm³/mol. The van der Waals surface area contributed by atoms with E-state index in [1.165, 1.54) is 12.1 Å². The molecular weight excluding hydrogens is 241 g/mol. The quantitative estimate of drug-likeness (QED) is 0.810. The summed E-state index contributed by atoms with van der Waals surface area (Å²) >= 11 is 0. The molecule has 0 aliphatic heterocycles. The Balaban J connectivity index is 3.18. The van der Waals surface area contributed by atoms with E-state index < -0.39 is 20.2 Å². The third-order valence-corrected chi connectivity index (χ3v) is 3.66. The van der Waals surface area contributed by atoms with Crippen molar-refractivity contribution in [3.05, 3.63) is 29.8 Å². The smallest absolute Gasteiger partial charge is 0.214 e. The number of benzene rings is 1. The molecule has 0 amide bonds. The zero-order chi connectivity index (χ0) is 12.6. The molecule has 2 nitrogen and oxygen atoms in total. The van der Waals surface area contributed by atoms with Crippen molar-refractivity contribution in [2.24, 2.45) is 0 Å². The van der Waals surface area contributed by atoms with Crippen molar-refractivity contribution in [2.45, 2.75) is 30.2 Å². The third-order valence-electron chi connectivity index (χ3n) is 2.16. The molecule has 1 aromatic carbocycles. The predicted octanol–water partition coefficient (Wildman–Crippen LogP) is 3.10. The number of halogens is 3. The molecule has 0 saturated heterocycles. The topological polar surface area (TPSA) is 34.1 Å². The van der Waals surface area contributed by atoms with Gasteiger partial charge in [0.2, 0.25) is 0 Å². The van der Waals surface area contributed by atoms with Gasteiger partial charge < -0.3 is 0 Å². The highest BCUT2D eigenvalue weighted by Gasteiger charge is 2.46. The van der Waals surface area contributed by atoms with Crippen LogP contribution in [-0.4, -0.2) is 13.9 Å². The molecule has 0 bridgehead atoms. The molecule has 1 rings (SSSR count). The standard InChI is InChI=1S/C10H11F3O2S/c1-7(2)8-3-5-9(6-4-8)16(14,15)10(11,12)13/h3-7H,1-2H3. The number of rotatable bonds is 2. The van der Waals surface area contributed by atoms with Gasteiger partial charge in [0, 0.05) is 0 Å². The van der Waals surface area contributed by atoms with Crippen molar-refractivity contribution in [1.82, 2.24) is 0 Å². The summed E-state index contributed by atoms with van der Waals surface area (Å²) in [5.41, 5.74) is -4.45. The summed E-state index contributed by atoms with van der Waals surface area (Å²) in [6.07, 6.45) is 0. The van der Waals surface area contributed by atoms with Crippen LogP contribution >= 0.6 is 0 Å². The fraction of sp³-hybridized carbons (Fsp3) is 0.400. The Morgan fingerprint density at radius 2 is 1.50 bits per heavy atom. The lowest BCUT2D eigenvalue weighted by atomic mass is 10.0. The van der Waals surface area contributed by atoms with Crippen LogP contribution < -0.4 is 0 Å². The fourth-order valence-electron chi connectivity index (χ4n) is 1.17. The van der Waals surface area contributed by atoms with Gasteiger partial charge in [-0.15, -0.1) is 0 Å². The first-order chi connectivity index (χ1) is 7.16. The first-order valence-corrected chi connectivity index (χ1v) is 6.06. The van der Waals surface area contributed by atoms with E-state index in [-0.39, 0.29) is 5.92 Å². The first-order valence-electron chi connectivity index (χ1n) is 4.57. The van der Waals surface area contributed by atoms with Gasteiger partial charge in [-0.05, 0) is 23.6 Å². The highest BCUT2D eigenvalue weighted by molar-refractivity contribution is 7.92. The van der Waals surface area contributed by atoms with Gasteiger partial charge in [-0.3, -0.25) is 0 Å². The van der Waals surface area contributed by atoms with Gasteiger partial charge in [-0.25, -0.2) is 8.42 Å². The lowest BCUT2D eigenvalue weighted by molar-refractivity contribution is -0.0436. The number of sulfone groups is 1. The van der Waals surface area contributed by atoms with Crippen molar-refractivity contribution in [2.75, 3.05) is 0 Å². The monoisotopic (exact) mass is 252 g/mol.